The number of ether oxygens (including phenoxy) is 1. The lowest BCUT2D eigenvalue weighted by atomic mass is 9.97. The van der Waals surface area contributed by atoms with Crippen LogP contribution >= 0.6 is 11.6 Å². The molecule has 13 heteroatoms. The fourth-order valence-electron chi connectivity index (χ4n) is 4.97. The van der Waals surface area contributed by atoms with E-state index in [0.29, 0.717) is 34.1 Å². The van der Waals surface area contributed by atoms with Gasteiger partial charge in [-0.1, -0.05) is 62.2 Å². The lowest BCUT2D eigenvalue weighted by Crippen LogP contribution is -2.36. The summed E-state index contributed by atoms with van der Waals surface area (Å²) in [4.78, 5) is 24.1. The molecule has 0 saturated heterocycles. The number of nitriles is 1. The second-order valence-corrected chi connectivity index (χ2v) is 14.1. The van der Waals surface area contributed by atoms with Crippen molar-refractivity contribution in [2.45, 2.75) is 77.2 Å². The number of halogens is 2. The van der Waals surface area contributed by atoms with E-state index in [9.17, 15) is 23.3 Å². The number of nitrogens with one attached hydrogen (secondary N) is 2. The molecule has 0 aliphatic rings. The van der Waals surface area contributed by atoms with E-state index >= 15 is 4.39 Å². The van der Waals surface area contributed by atoms with Gasteiger partial charge in [0.15, 0.2) is 0 Å². The molecule has 2 N–H and O–H groups in total. The van der Waals surface area contributed by atoms with Crippen LogP contribution in [-0.2, 0) is 32.4 Å². The Morgan fingerprint density at radius 2 is 1.81 bits per heavy atom. The highest BCUT2D eigenvalue weighted by atomic mass is 35.5. The van der Waals surface area contributed by atoms with E-state index in [1.54, 1.807) is 58.0 Å². The second kappa shape index (κ2) is 15.0. The summed E-state index contributed by atoms with van der Waals surface area (Å²) in [6.45, 7) is 8.58. The smallest absolute Gasteiger partial charge is 0.421 e. The monoisotopic (exact) mass is 693 g/mol. The first-order valence-corrected chi connectivity index (χ1v) is 17.3. The molecular formula is C35H37ClFN5O5S. The predicted molar refractivity (Wildman–Crippen MR) is 182 cm³/mol. The molecule has 10 nitrogen and oxygen atoms in total. The Bertz CT molecular complexity index is 2000. The van der Waals surface area contributed by atoms with E-state index in [4.69, 9.17) is 21.4 Å². The number of sulfonamides is 1. The maximum atomic E-state index is 15.9. The molecular weight excluding hydrogens is 657 g/mol. The number of hydrogen-bond donors (Lipinski definition) is 2. The number of unbranched alkanes of at least 4 members (excludes halogenated alkanes) is 1. The van der Waals surface area contributed by atoms with Crippen LogP contribution in [0.5, 0.6) is 0 Å². The first-order valence-electron chi connectivity index (χ1n) is 15.4. The molecule has 0 radical (unpaired) electrons. The Kier molecular flexibility index (Phi) is 11.3. The van der Waals surface area contributed by atoms with Crippen molar-refractivity contribution >= 4 is 39.3 Å². The van der Waals surface area contributed by atoms with Crippen LogP contribution in [0.2, 0.25) is 5.02 Å². The number of carbonyl (C=O) groups excluding carboxylic acids is 2. The number of amides is 2. The summed E-state index contributed by atoms with van der Waals surface area (Å²) in [5.41, 5.74) is 1.98. The molecule has 0 atom stereocenters. The number of hydrogen-bond acceptors (Lipinski definition) is 7. The molecule has 1 heterocycles. The lowest BCUT2D eigenvalue weighted by molar-refractivity contribution is -0.115. The molecule has 0 aliphatic heterocycles. The maximum Gasteiger partial charge on any atom is 0.421 e. The molecule has 0 unspecified atom stereocenters. The van der Waals surface area contributed by atoms with Crippen molar-refractivity contribution in [3.63, 3.8) is 0 Å². The van der Waals surface area contributed by atoms with Crippen molar-refractivity contribution in [2.75, 3.05) is 5.32 Å². The van der Waals surface area contributed by atoms with Crippen molar-refractivity contribution in [2.24, 2.45) is 0 Å². The minimum atomic E-state index is -4.37. The van der Waals surface area contributed by atoms with E-state index < -0.39 is 27.5 Å². The van der Waals surface area contributed by atoms with E-state index in [0.717, 1.165) is 12.8 Å². The minimum absolute atomic E-state index is 0.0259. The van der Waals surface area contributed by atoms with Crippen molar-refractivity contribution in [1.29, 1.82) is 5.26 Å². The van der Waals surface area contributed by atoms with Gasteiger partial charge >= 0.3 is 6.09 Å². The second-order valence-electron chi connectivity index (χ2n) is 12.1. The standard InChI is InChI=1S/C35H37ClFN5O5S/c1-6-8-12-29-26(31(21-38)42(40-29)30-20-24(16-17-27(30)36)39-33(43)7-2)18-23-15-14-22(19-28(23)37)25-11-9-10-13-32(25)48(45,46)41-34(44)47-35(3,4)5/h9-11,13-17,19-20H,6-8,12,18H2,1-5H3,(H,39,43)(H,41,44). The van der Waals surface area contributed by atoms with Crippen molar-refractivity contribution < 1.29 is 27.1 Å². The fraction of sp³-hybridized carbons (Fsp3) is 0.314. The highest BCUT2D eigenvalue weighted by Crippen LogP contribution is 2.32. The fourth-order valence-corrected chi connectivity index (χ4v) is 6.27. The van der Waals surface area contributed by atoms with Crippen LogP contribution < -0.4 is 10.0 Å². The third-order valence-electron chi connectivity index (χ3n) is 7.24. The van der Waals surface area contributed by atoms with Crippen LogP contribution in [0.1, 0.15) is 76.4 Å². The van der Waals surface area contributed by atoms with Crippen LogP contribution in [-0.4, -0.2) is 35.8 Å². The first-order chi connectivity index (χ1) is 22.7. The molecule has 0 saturated carbocycles. The summed E-state index contributed by atoms with van der Waals surface area (Å²) in [7, 11) is -4.37. The first kappa shape index (κ1) is 36.1. The molecule has 0 spiro atoms. The largest absolute Gasteiger partial charge is 0.443 e. The third-order valence-corrected chi connectivity index (χ3v) is 8.93. The van der Waals surface area contributed by atoms with Gasteiger partial charge in [-0.2, -0.15) is 10.4 Å². The summed E-state index contributed by atoms with van der Waals surface area (Å²) in [5, 5.41) is 18.1. The molecule has 48 heavy (non-hydrogen) atoms. The number of aromatic nitrogens is 2. The topological polar surface area (TPSA) is 143 Å². The van der Waals surface area contributed by atoms with Crippen molar-refractivity contribution in [3.8, 4) is 22.9 Å². The normalized spacial score (nSPS) is 11.5. The van der Waals surface area contributed by atoms with Gasteiger partial charge in [-0.05, 0) is 75.1 Å². The van der Waals surface area contributed by atoms with Crippen molar-refractivity contribution in [3.05, 3.63) is 94.0 Å². The van der Waals surface area contributed by atoms with Gasteiger partial charge < -0.3 is 10.1 Å². The number of rotatable bonds is 11. The highest BCUT2D eigenvalue weighted by molar-refractivity contribution is 7.90. The molecule has 0 bridgehead atoms. The average molecular weight is 694 g/mol. The zero-order valence-electron chi connectivity index (χ0n) is 27.4. The van der Waals surface area contributed by atoms with E-state index in [1.807, 2.05) is 11.6 Å². The summed E-state index contributed by atoms with van der Waals surface area (Å²) in [6, 6.07) is 17.4. The van der Waals surface area contributed by atoms with Gasteiger partial charge in [0.05, 0.1) is 21.3 Å². The van der Waals surface area contributed by atoms with Gasteiger partial charge in [-0.15, -0.1) is 0 Å². The molecule has 4 aromatic rings. The van der Waals surface area contributed by atoms with E-state index in [2.05, 4.69) is 11.4 Å². The van der Waals surface area contributed by atoms with Crippen LogP contribution in [0.15, 0.2) is 65.6 Å². The van der Waals surface area contributed by atoms with Gasteiger partial charge in [0, 0.05) is 29.7 Å². The van der Waals surface area contributed by atoms with Crippen LogP contribution in [0.4, 0.5) is 14.9 Å². The Balaban J connectivity index is 1.73. The van der Waals surface area contributed by atoms with E-state index in [1.165, 1.54) is 35.0 Å². The summed E-state index contributed by atoms with van der Waals surface area (Å²) in [6.07, 6.45) is 1.35. The lowest BCUT2D eigenvalue weighted by Gasteiger charge is -2.20. The maximum absolute atomic E-state index is 15.9. The zero-order valence-corrected chi connectivity index (χ0v) is 28.9. The van der Waals surface area contributed by atoms with Crippen LogP contribution in [0.3, 0.4) is 0 Å². The van der Waals surface area contributed by atoms with Gasteiger partial charge in [0.2, 0.25) is 5.91 Å². The molecule has 3 aromatic carbocycles. The SMILES string of the molecule is CCCCc1nn(-c2cc(NC(=O)CC)ccc2Cl)c(C#N)c1Cc1ccc(-c2ccccc2S(=O)(=O)NC(=O)OC(C)(C)C)cc1F. The number of nitrogens with zero attached hydrogens (tertiary/aromatic N) is 3. The molecule has 1 aromatic heterocycles. The molecule has 0 aliphatic carbocycles. The highest BCUT2D eigenvalue weighted by Gasteiger charge is 2.26. The van der Waals surface area contributed by atoms with Gasteiger partial charge in [0.1, 0.15) is 23.2 Å². The quantitative estimate of drug-likeness (QED) is 0.164. The molecule has 252 valence electrons. The summed E-state index contributed by atoms with van der Waals surface area (Å²) >= 11 is 6.54. The number of carbonyl (C=O) groups is 2. The van der Waals surface area contributed by atoms with Crippen LogP contribution in [0, 0.1) is 17.1 Å². The average Bonchev–Trinajstić information content (AvgIpc) is 3.37. The van der Waals surface area contributed by atoms with Crippen molar-refractivity contribution in [1.82, 2.24) is 14.5 Å². The van der Waals surface area contributed by atoms with Gasteiger partial charge in [-0.25, -0.2) is 27.0 Å². The molecule has 2 amide bonds. The summed E-state index contributed by atoms with van der Waals surface area (Å²) in [5.74, 6) is -0.813. The molecule has 4 rings (SSSR count). The zero-order chi connectivity index (χ0) is 35.2. The van der Waals surface area contributed by atoms with E-state index in [-0.39, 0.29) is 46.0 Å². The predicted octanol–water partition coefficient (Wildman–Crippen LogP) is 7.70. The number of benzene rings is 3. The number of anilines is 1. The number of aryl methyl sites for hydroxylation is 1. The Hall–Kier alpha value is -4.73. The van der Waals surface area contributed by atoms with Gasteiger partial charge in [-0.3, -0.25) is 4.79 Å². The Morgan fingerprint density at radius 1 is 1.08 bits per heavy atom. The molecule has 0 fully saturated rings. The van der Waals surface area contributed by atoms with Gasteiger partial charge in [0.25, 0.3) is 10.0 Å². The van der Waals surface area contributed by atoms with Crippen LogP contribution in [0.25, 0.3) is 16.8 Å². The minimum Gasteiger partial charge on any atom is -0.443 e. The summed E-state index contributed by atoms with van der Waals surface area (Å²) < 4.78 is 50.6. The Morgan fingerprint density at radius 3 is 2.46 bits per heavy atom. The Labute approximate surface area is 284 Å². The third kappa shape index (κ3) is 8.59.